The van der Waals surface area contributed by atoms with E-state index < -0.39 is 0 Å². The molecule has 2 aromatic rings. The monoisotopic (exact) mass is 308 g/mol. The van der Waals surface area contributed by atoms with E-state index in [-0.39, 0.29) is 11.6 Å². The van der Waals surface area contributed by atoms with Crippen LogP contribution in [0.15, 0.2) is 18.2 Å². The molecular formula is C16H21ClN2O2. The van der Waals surface area contributed by atoms with Crippen LogP contribution in [-0.4, -0.2) is 35.3 Å². The summed E-state index contributed by atoms with van der Waals surface area (Å²) >= 11 is 5.98. The van der Waals surface area contributed by atoms with E-state index >= 15 is 0 Å². The zero-order valence-corrected chi connectivity index (χ0v) is 13.5. The SMILES string of the molecule is COc1cccc2c1nc(CCCl)n2C1(C)CCOC1C. The van der Waals surface area contributed by atoms with Crippen molar-refractivity contribution in [2.75, 3.05) is 19.6 Å². The van der Waals surface area contributed by atoms with Gasteiger partial charge in [-0.15, -0.1) is 11.6 Å². The number of ether oxygens (including phenoxy) is 2. The van der Waals surface area contributed by atoms with Gasteiger partial charge < -0.3 is 14.0 Å². The van der Waals surface area contributed by atoms with Gasteiger partial charge in [0.1, 0.15) is 17.1 Å². The van der Waals surface area contributed by atoms with Crippen molar-refractivity contribution in [3.05, 3.63) is 24.0 Å². The van der Waals surface area contributed by atoms with E-state index in [1.165, 1.54) is 0 Å². The first kappa shape index (κ1) is 14.7. The lowest BCUT2D eigenvalue weighted by atomic mass is 9.93. The Kier molecular flexibility index (Phi) is 3.84. The Bertz CT molecular complexity index is 655. The molecule has 0 amide bonds. The van der Waals surface area contributed by atoms with Gasteiger partial charge in [0, 0.05) is 18.9 Å². The number of aryl methyl sites for hydroxylation is 1. The highest BCUT2D eigenvalue weighted by Crippen LogP contribution is 2.38. The molecule has 4 nitrogen and oxygen atoms in total. The standard InChI is InChI=1S/C16H21ClN2O2/c1-11-16(2,8-10-21-11)19-12-5-4-6-13(20-3)15(12)18-14(19)7-9-17/h4-6,11H,7-10H2,1-3H3. The molecule has 0 N–H and O–H groups in total. The molecule has 0 aliphatic carbocycles. The molecule has 1 fully saturated rings. The van der Waals surface area contributed by atoms with E-state index in [1.54, 1.807) is 7.11 Å². The van der Waals surface area contributed by atoms with Crippen LogP contribution in [0.1, 0.15) is 26.1 Å². The second-order valence-corrected chi connectivity index (χ2v) is 6.13. The maximum Gasteiger partial charge on any atom is 0.146 e. The van der Waals surface area contributed by atoms with Gasteiger partial charge in [-0.2, -0.15) is 0 Å². The zero-order valence-electron chi connectivity index (χ0n) is 12.7. The van der Waals surface area contributed by atoms with Crippen LogP contribution in [0.4, 0.5) is 0 Å². The Morgan fingerprint density at radius 3 is 2.95 bits per heavy atom. The molecule has 2 heterocycles. The summed E-state index contributed by atoms with van der Waals surface area (Å²) in [4.78, 5) is 4.80. The Balaban J connectivity index is 2.26. The van der Waals surface area contributed by atoms with E-state index in [2.05, 4.69) is 24.5 Å². The van der Waals surface area contributed by atoms with E-state index in [1.807, 2.05) is 12.1 Å². The van der Waals surface area contributed by atoms with Crippen LogP contribution in [0.5, 0.6) is 5.75 Å². The number of imidazole rings is 1. The van der Waals surface area contributed by atoms with Gasteiger partial charge in [-0.25, -0.2) is 4.98 Å². The third-order valence-electron chi connectivity index (χ3n) is 4.62. The first-order chi connectivity index (χ1) is 10.1. The highest BCUT2D eigenvalue weighted by molar-refractivity contribution is 6.17. The topological polar surface area (TPSA) is 36.3 Å². The van der Waals surface area contributed by atoms with Gasteiger partial charge in [0.2, 0.25) is 0 Å². The quantitative estimate of drug-likeness (QED) is 0.813. The van der Waals surface area contributed by atoms with Crippen LogP contribution in [-0.2, 0) is 16.7 Å². The minimum atomic E-state index is -0.0947. The molecule has 1 aliphatic heterocycles. The number of aromatic nitrogens is 2. The lowest BCUT2D eigenvalue weighted by Crippen LogP contribution is -2.38. The maximum atomic E-state index is 5.98. The third kappa shape index (κ3) is 2.21. The van der Waals surface area contributed by atoms with Crippen LogP contribution < -0.4 is 4.74 Å². The van der Waals surface area contributed by atoms with Crippen LogP contribution in [0.25, 0.3) is 11.0 Å². The third-order valence-corrected chi connectivity index (χ3v) is 4.81. The van der Waals surface area contributed by atoms with Crippen molar-refractivity contribution in [2.24, 2.45) is 0 Å². The number of benzene rings is 1. The number of fused-ring (bicyclic) bond motifs is 1. The fourth-order valence-electron chi connectivity index (χ4n) is 3.23. The number of halogens is 1. The lowest BCUT2D eigenvalue weighted by molar-refractivity contribution is 0.0764. The molecule has 1 saturated heterocycles. The average Bonchev–Trinajstić information content (AvgIpc) is 3.00. The maximum absolute atomic E-state index is 5.98. The molecule has 1 aromatic carbocycles. The Hall–Kier alpha value is -1.26. The van der Waals surface area contributed by atoms with Gasteiger partial charge in [0.25, 0.3) is 0 Å². The first-order valence-electron chi connectivity index (χ1n) is 7.34. The molecule has 2 atom stereocenters. The summed E-state index contributed by atoms with van der Waals surface area (Å²) in [5.74, 6) is 2.36. The van der Waals surface area contributed by atoms with Crippen molar-refractivity contribution in [3.8, 4) is 5.75 Å². The molecular weight excluding hydrogens is 288 g/mol. The van der Waals surface area contributed by atoms with E-state index in [0.717, 1.165) is 42.1 Å². The van der Waals surface area contributed by atoms with Crippen LogP contribution >= 0.6 is 11.6 Å². The molecule has 0 bridgehead atoms. The summed E-state index contributed by atoms with van der Waals surface area (Å²) < 4.78 is 13.6. The van der Waals surface area contributed by atoms with Gasteiger partial charge in [-0.05, 0) is 32.4 Å². The molecule has 0 saturated carbocycles. The second kappa shape index (κ2) is 5.50. The average molecular weight is 309 g/mol. The summed E-state index contributed by atoms with van der Waals surface area (Å²) in [7, 11) is 1.68. The fourth-order valence-corrected chi connectivity index (χ4v) is 3.40. The summed E-state index contributed by atoms with van der Waals surface area (Å²) in [6, 6.07) is 6.05. The predicted octanol–water partition coefficient (Wildman–Crippen LogP) is 3.35. The summed E-state index contributed by atoms with van der Waals surface area (Å²) in [6.07, 6.45) is 1.86. The number of rotatable bonds is 4. The highest BCUT2D eigenvalue weighted by atomic mass is 35.5. The van der Waals surface area contributed by atoms with Gasteiger partial charge in [-0.1, -0.05) is 6.07 Å². The number of nitrogens with zero attached hydrogens (tertiary/aromatic N) is 2. The highest BCUT2D eigenvalue weighted by Gasteiger charge is 2.41. The first-order valence-corrected chi connectivity index (χ1v) is 7.87. The molecule has 21 heavy (non-hydrogen) atoms. The minimum absolute atomic E-state index is 0.0947. The van der Waals surface area contributed by atoms with Crippen LogP contribution in [0.2, 0.25) is 0 Å². The molecule has 3 rings (SSSR count). The van der Waals surface area contributed by atoms with Gasteiger partial charge in [0.15, 0.2) is 0 Å². The minimum Gasteiger partial charge on any atom is -0.494 e. The molecule has 1 aromatic heterocycles. The number of hydrogen-bond donors (Lipinski definition) is 0. The normalized spacial score (nSPS) is 25.6. The molecule has 0 radical (unpaired) electrons. The Morgan fingerprint density at radius 2 is 2.33 bits per heavy atom. The fraction of sp³-hybridized carbons (Fsp3) is 0.562. The van der Waals surface area contributed by atoms with Crippen molar-refractivity contribution in [2.45, 2.75) is 38.3 Å². The predicted molar refractivity (Wildman–Crippen MR) is 84.4 cm³/mol. The summed E-state index contributed by atoms with van der Waals surface area (Å²) in [5, 5.41) is 0. The van der Waals surface area contributed by atoms with Crippen molar-refractivity contribution < 1.29 is 9.47 Å². The van der Waals surface area contributed by atoms with Gasteiger partial charge >= 0.3 is 0 Å². The molecule has 0 spiro atoms. The second-order valence-electron chi connectivity index (χ2n) is 5.75. The smallest absolute Gasteiger partial charge is 0.146 e. The van der Waals surface area contributed by atoms with Crippen molar-refractivity contribution in [1.29, 1.82) is 0 Å². The van der Waals surface area contributed by atoms with E-state index in [9.17, 15) is 0 Å². The number of hydrogen-bond acceptors (Lipinski definition) is 3. The molecule has 114 valence electrons. The number of methoxy groups -OCH3 is 1. The zero-order chi connectivity index (χ0) is 15.0. The van der Waals surface area contributed by atoms with Gasteiger partial charge in [-0.3, -0.25) is 0 Å². The molecule has 1 aliphatic rings. The van der Waals surface area contributed by atoms with Crippen LogP contribution in [0.3, 0.4) is 0 Å². The summed E-state index contributed by atoms with van der Waals surface area (Å²) in [5.41, 5.74) is 1.90. The van der Waals surface area contributed by atoms with E-state index in [4.69, 9.17) is 26.1 Å². The molecule has 2 unspecified atom stereocenters. The van der Waals surface area contributed by atoms with Crippen LogP contribution in [0, 0.1) is 0 Å². The Labute approximate surface area is 130 Å². The number of para-hydroxylation sites is 1. The Morgan fingerprint density at radius 1 is 1.52 bits per heavy atom. The van der Waals surface area contributed by atoms with Gasteiger partial charge in [0.05, 0.1) is 24.3 Å². The van der Waals surface area contributed by atoms with Crippen molar-refractivity contribution in [3.63, 3.8) is 0 Å². The van der Waals surface area contributed by atoms with Crippen molar-refractivity contribution >= 4 is 22.6 Å². The van der Waals surface area contributed by atoms with Crippen molar-refractivity contribution in [1.82, 2.24) is 9.55 Å². The number of alkyl halides is 1. The van der Waals surface area contributed by atoms with E-state index in [0.29, 0.717) is 5.88 Å². The lowest BCUT2D eigenvalue weighted by Gasteiger charge is -2.32. The molecule has 5 heteroatoms. The largest absolute Gasteiger partial charge is 0.494 e. The summed E-state index contributed by atoms with van der Waals surface area (Å²) in [6.45, 7) is 5.15.